The number of carboxylic acids is 1. The largest absolute Gasteiger partial charge is 0.481 e. The quantitative estimate of drug-likeness (QED) is 0.600. The fraction of sp³-hybridized carbons (Fsp3) is 0.471. The molecular formula is C17H24N2O4S. The summed E-state index contributed by atoms with van der Waals surface area (Å²) in [5.74, 6) is -0.516. The molecule has 0 aliphatic carbocycles. The minimum Gasteiger partial charge on any atom is -0.481 e. The zero-order valence-corrected chi connectivity index (χ0v) is 14.8. The molecule has 1 rings (SSSR count). The Labute approximate surface area is 146 Å². The number of thioether (sulfide) groups is 1. The molecule has 0 aromatic heterocycles. The maximum absolute atomic E-state index is 12.4. The number of nitrogens with one attached hydrogen (secondary N) is 2. The van der Waals surface area contributed by atoms with E-state index in [4.69, 9.17) is 5.11 Å². The van der Waals surface area contributed by atoms with E-state index in [9.17, 15) is 14.4 Å². The lowest BCUT2D eigenvalue weighted by molar-refractivity contribution is -0.137. The molecule has 2 amide bonds. The lowest BCUT2D eigenvalue weighted by Crippen LogP contribution is -2.44. The fourth-order valence-corrected chi connectivity index (χ4v) is 2.56. The number of amides is 2. The van der Waals surface area contributed by atoms with Crippen LogP contribution >= 0.6 is 11.8 Å². The van der Waals surface area contributed by atoms with Crippen molar-refractivity contribution >= 4 is 35.2 Å². The molecule has 1 atom stereocenters. The molecule has 0 saturated carbocycles. The monoisotopic (exact) mass is 352 g/mol. The highest BCUT2D eigenvalue weighted by Gasteiger charge is 2.20. The molecule has 0 aliphatic heterocycles. The molecular weight excluding hydrogens is 328 g/mol. The number of carboxylic acid groups (broad SMARTS) is 1. The molecule has 1 aromatic carbocycles. The van der Waals surface area contributed by atoms with Crippen molar-refractivity contribution in [2.24, 2.45) is 0 Å². The first-order valence-corrected chi connectivity index (χ1v) is 9.25. The van der Waals surface area contributed by atoms with E-state index in [1.54, 1.807) is 36.9 Å². The molecule has 132 valence electrons. The van der Waals surface area contributed by atoms with Crippen LogP contribution in [0.2, 0.25) is 0 Å². The third-order valence-electron chi connectivity index (χ3n) is 3.41. The number of carbonyl (C=O) groups excluding carboxylic acids is 2. The lowest BCUT2D eigenvalue weighted by Gasteiger charge is -2.18. The van der Waals surface area contributed by atoms with Crippen molar-refractivity contribution < 1.29 is 19.5 Å². The highest BCUT2D eigenvalue weighted by Crippen LogP contribution is 2.13. The number of hydrogen-bond acceptors (Lipinski definition) is 4. The van der Waals surface area contributed by atoms with E-state index in [0.29, 0.717) is 24.9 Å². The summed E-state index contributed by atoms with van der Waals surface area (Å²) in [5, 5.41) is 14.3. The van der Waals surface area contributed by atoms with Gasteiger partial charge in [-0.1, -0.05) is 19.1 Å². The first kappa shape index (κ1) is 20.0. The van der Waals surface area contributed by atoms with Crippen LogP contribution in [-0.4, -0.2) is 40.9 Å². The minimum absolute atomic E-state index is 0.0420. The third-order valence-corrected chi connectivity index (χ3v) is 4.05. The number of carbonyl (C=O) groups is 3. The molecule has 1 unspecified atom stereocenters. The Morgan fingerprint density at radius 1 is 1.29 bits per heavy atom. The van der Waals surface area contributed by atoms with Gasteiger partial charge in [0.25, 0.3) is 0 Å². The van der Waals surface area contributed by atoms with Gasteiger partial charge in [-0.3, -0.25) is 14.4 Å². The van der Waals surface area contributed by atoms with Crippen LogP contribution in [0.3, 0.4) is 0 Å². The van der Waals surface area contributed by atoms with Crippen LogP contribution < -0.4 is 10.6 Å². The van der Waals surface area contributed by atoms with Crippen molar-refractivity contribution in [3.05, 3.63) is 29.8 Å². The zero-order valence-electron chi connectivity index (χ0n) is 14.0. The number of benzene rings is 1. The van der Waals surface area contributed by atoms with Crippen molar-refractivity contribution in [2.75, 3.05) is 17.3 Å². The van der Waals surface area contributed by atoms with Crippen molar-refractivity contribution in [3.8, 4) is 0 Å². The van der Waals surface area contributed by atoms with Crippen LogP contribution in [0.5, 0.6) is 0 Å². The lowest BCUT2D eigenvalue weighted by atomic mass is 10.1. The molecule has 6 nitrogen and oxygen atoms in total. The van der Waals surface area contributed by atoms with E-state index in [0.717, 1.165) is 11.3 Å². The summed E-state index contributed by atoms with van der Waals surface area (Å²) in [6.07, 6.45) is 3.27. The average molecular weight is 352 g/mol. The van der Waals surface area contributed by atoms with Gasteiger partial charge in [-0.2, -0.15) is 11.8 Å². The Morgan fingerprint density at radius 3 is 2.67 bits per heavy atom. The van der Waals surface area contributed by atoms with Gasteiger partial charge in [0, 0.05) is 18.5 Å². The van der Waals surface area contributed by atoms with E-state index < -0.39 is 12.0 Å². The summed E-state index contributed by atoms with van der Waals surface area (Å²) in [4.78, 5) is 34.7. The van der Waals surface area contributed by atoms with E-state index in [1.807, 2.05) is 12.3 Å². The van der Waals surface area contributed by atoms with E-state index in [2.05, 4.69) is 10.6 Å². The standard InChI is InChI=1S/C17H24N2O4S/c1-3-15(20)19-14(9-10-24-2)17(23)18-13-6-4-5-12(11-13)7-8-16(21)22/h4-6,11,14H,3,7-10H2,1-2H3,(H,18,23)(H,19,20)(H,21,22). The van der Waals surface area contributed by atoms with Gasteiger partial charge in [0.1, 0.15) is 6.04 Å². The summed E-state index contributed by atoms with van der Waals surface area (Å²) >= 11 is 1.61. The Bertz CT molecular complexity index is 577. The Balaban J connectivity index is 2.72. The molecule has 1 aromatic rings. The Hall–Kier alpha value is -2.02. The van der Waals surface area contributed by atoms with Gasteiger partial charge in [-0.25, -0.2) is 0 Å². The SMILES string of the molecule is CCC(=O)NC(CCSC)C(=O)Nc1cccc(CCC(=O)O)c1. The van der Waals surface area contributed by atoms with Crippen molar-refractivity contribution in [2.45, 2.75) is 38.6 Å². The van der Waals surface area contributed by atoms with Gasteiger partial charge >= 0.3 is 5.97 Å². The Morgan fingerprint density at radius 2 is 2.04 bits per heavy atom. The third kappa shape index (κ3) is 7.50. The van der Waals surface area contributed by atoms with E-state index >= 15 is 0 Å². The van der Waals surface area contributed by atoms with E-state index in [-0.39, 0.29) is 18.2 Å². The van der Waals surface area contributed by atoms with Crippen LogP contribution in [-0.2, 0) is 20.8 Å². The Kier molecular flexibility index (Phi) is 8.93. The summed E-state index contributed by atoms with van der Waals surface area (Å²) in [6, 6.07) is 6.52. The van der Waals surface area contributed by atoms with Crippen LogP contribution in [0.25, 0.3) is 0 Å². The molecule has 0 saturated heterocycles. The normalized spacial score (nSPS) is 11.6. The maximum Gasteiger partial charge on any atom is 0.303 e. The second-order valence-electron chi connectivity index (χ2n) is 5.34. The number of aryl methyl sites for hydroxylation is 1. The van der Waals surface area contributed by atoms with Crippen LogP contribution in [0.4, 0.5) is 5.69 Å². The van der Waals surface area contributed by atoms with Crippen LogP contribution in [0.1, 0.15) is 31.7 Å². The van der Waals surface area contributed by atoms with Crippen LogP contribution in [0.15, 0.2) is 24.3 Å². The first-order valence-electron chi connectivity index (χ1n) is 7.86. The smallest absolute Gasteiger partial charge is 0.303 e. The maximum atomic E-state index is 12.4. The topological polar surface area (TPSA) is 95.5 Å². The van der Waals surface area contributed by atoms with Crippen molar-refractivity contribution in [1.82, 2.24) is 5.32 Å². The average Bonchev–Trinajstić information content (AvgIpc) is 2.56. The first-order chi connectivity index (χ1) is 11.5. The molecule has 0 fully saturated rings. The number of anilines is 1. The molecule has 0 aliphatic rings. The van der Waals surface area contributed by atoms with Gasteiger partial charge in [-0.15, -0.1) is 0 Å². The molecule has 0 heterocycles. The van der Waals surface area contributed by atoms with E-state index in [1.165, 1.54) is 0 Å². The summed E-state index contributed by atoms with van der Waals surface area (Å²) in [5.41, 5.74) is 1.44. The number of hydrogen-bond donors (Lipinski definition) is 3. The molecule has 0 bridgehead atoms. The predicted octanol–water partition coefficient (Wildman–Crippen LogP) is 2.29. The predicted molar refractivity (Wildman–Crippen MR) is 96.2 cm³/mol. The van der Waals surface area contributed by atoms with Gasteiger partial charge in [0.05, 0.1) is 0 Å². The summed E-state index contributed by atoms with van der Waals surface area (Å²) < 4.78 is 0. The highest BCUT2D eigenvalue weighted by atomic mass is 32.2. The second-order valence-corrected chi connectivity index (χ2v) is 6.32. The molecule has 24 heavy (non-hydrogen) atoms. The van der Waals surface area contributed by atoms with Gasteiger partial charge in [0.15, 0.2) is 0 Å². The zero-order chi connectivity index (χ0) is 17.9. The highest BCUT2D eigenvalue weighted by molar-refractivity contribution is 7.98. The van der Waals surface area contributed by atoms with Gasteiger partial charge < -0.3 is 15.7 Å². The minimum atomic E-state index is -0.858. The molecule has 0 radical (unpaired) electrons. The molecule has 0 spiro atoms. The molecule has 7 heteroatoms. The number of rotatable bonds is 10. The number of aliphatic carboxylic acids is 1. The van der Waals surface area contributed by atoms with Crippen molar-refractivity contribution in [1.29, 1.82) is 0 Å². The van der Waals surface area contributed by atoms with Gasteiger partial charge in [-0.05, 0) is 42.5 Å². The summed E-state index contributed by atoms with van der Waals surface area (Å²) in [6.45, 7) is 1.74. The van der Waals surface area contributed by atoms with Crippen molar-refractivity contribution in [3.63, 3.8) is 0 Å². The fourth-order valence-electron chi connectivity index (χ4n) is 2.09. The molecule has 3 N–H and O–H groups in total. The summed E-state index contributed by atoms with van der Waals surface area (Å²) in [7, 11) is 0. The second kappa shape index (κ2) is 10.7. The van der Waals surface area contributed by atoms with Crippen LogP contribution in [0, 0.1) is 0 Å². The van der Waals surface area contributed by atoms with Gasteiger partial charge in [0.2, 0.25) is 11.8 Å².